The van der Waals surface area contributed by atoms with Gasteiger partial charge in [0, 0.05) is 25.0 Å². The first kappa shape index (κ1) is 10.6. The third-order valence-electron chi connectivity index (χ3n) is 3.03. The molecule has 0 saturated heterocycles. The van der Waals surface area contributed by atoms with Gasteiger partial charge in [-0.3, -0.25) is 0 Å². The lowest BCUT2D eigenvalue weighted by atomic mass is 10.3. The summed E-state index contributed by atoms with van der Waals surface area (Å²) in [6, 6.07) is 0.352. The minimum atomic E-state index is 0.352. The van der Waals surface area contributed by atoms with E-state index in [1.807, 2.05) is 19.3 Å². The van der Waals surface area contributed by atoms with Gasteiger partial charge in [-0.1, -0.05) is 0 Å². The second kappa shape index (κ2) is 4.77. The van der Waals surface area contributed by atoms with E-state index in [-0.39, 0.29) is 0 Å². The van der Waals surface area contributed by atoms with E-state index in [4.69, 9.17) is 10.5 Å². The van der Waals surface area contributed by atoms with Gasteiger partial charge in [-0.05, 0) is 26.2 Å². The zero-order valence-electron chi connectivity index (χ0n) is 9.22. The Morgan fingerprint density at radius 3 is 3.07 bits per heavy atom. The Morgan fingerprint density at radius 2 is 2.47 bits per heavy atom. The van der Waals surface area contributed by atoms with Gasteiger partial charge in [0.05, 0.1) is 12.7 Å². The molecule has 0 aromatic carbocycles. The van der Waals surface area contributed by atoms with Crippen LogP contribution in [0, 0.1) is 6.92 Å². The second-order valence-corrected chi connectivity index (χ2v) is 4.23. The molecule has 2 N–H and O–H groups in total. The van der Waals surface area contributed by atoms with Crippen LogP contribution in [0.3, 0.4) is 0 Å². The van der Waals surface area contributed by atoms with E-state index in [0.29, 0.717) is 12.1 Å². The van der Waals surface area contributed by atoms with Crippen molar-refractivity contribution in [2.75, 3.05) is 6.61 Å². The third kappa shape index (κ3) is 2.79. The molecule has 0 radical (unpaired) electrons. The van der Waals surface area contributed by atoms with E-state index in [0.717, 1.165) is 38.2 Å². The van der Waals surface area contributed by atoms with Crippen molar-refractivity contribution in [3.63, 3.8) is 0 Å². The summed E-state index contributed by atoms with van der Waals surface area (Å²) in [7, 11) is 0. The summed E-state index contributed by atoms with van der Waals surface area (Å²) >= 11 is 0. The van der Waals surface area contributed by atoms with Gasteiger partial charge in [-0.2, -0.15) is 0 Å². The molecule has 0 spiro atoms. The van der Waals surface area contributed by atoms with Crippen LogP contribution in [-0.2, 0) is 11.3 Å². The van der Waals surface area contributed by atoms with Gasteiger partial charge in [-0.25, -0.2) is 4.98 Å². The highest BCUT2D eigenvalue weighted by Crippen LogP contribution is 2.20. The van der Waals surface area contributed by atoms with E-state index in [9.17, 15) is 0 Å². The Bertz CT molecular complexity index is 311. The van der Waals surface area contributed by atoms with Crippen LogP contribution in [0.5, 0.6) is 0 Å². The summed E-state index contributed by atoms with van der Waals surface area (Å²) in [5, 5.41) is 0. The van der Waals surface area contributed by atoms with E-state index >= 15 is 0 Å². The van der Waals surface area contributed by atoms with Crippen LogP contribution in [-0.4, -0.2) is 28.3 Å². The van der Waals surface area contributed by atoms with Crippen LogP contribution in [0.4, 0.5) is 0 Å². The molecule has 1 saturated carbocycles. The Hall–Kier alpha value is -0.870. The van der Waals surface area contributed by atoms with E-state index in [1.54, 1.807) is 0 Å². The highest BCUT2D eigenvalue weighted by Gasteiger charge is 2.21. The number of ether oxygens (including phenoxy) is 1. The molecule has 84 valence electrons. The Kier molecular flexibility index (Phi) is 3.38. The smallest absolute Gasteiger partial charge is 0.105 e. The van der Waals surface area contributed by atoms with Crippen LogP contribution >= 0.6 is 0 Å². The van der Waals surface area contributed by atoms with Gasteiger partial charge in [0.2, 0.25) is 0 Å². The molecule has 1 heterocycles. The first-order valence-corrected chi connectivity index (χ1v) is 5.60. The fraction of sp³-hybridized carbons (Fsp3) is 0.727. The van der Waals surface area contributed by atoms with Crippen molar-refractivity contribution in [1.82, 2.24) is 9.55 Å². The van der Waals surface area contributed by atoms with Gasteiger partial charge in [0.25, 0.3) is 0 Å². The minimum Gasteiger partial charge on any atom is -0.376 e. The first-order chi connectivity index (χ1) is 7.25. The molecule has 4 heteroatoms. The lowest BCUT2D eigenvalue weighted by molar-refractivity contribution is 0.0519. The Labute approximate surface area is 90.4 Å². The minimum absolute atomic E-state index is 0.352. The van der Waals surface area contributed by atoms with Crippen LogP contribution < -0.4 is 5.73 Å². The lowest BCUT2D eigenvalue weighted by Crippen LogP contribution is -2.19. The van der Waals surface area contributed by atoms with Gasteiger partial charge in [-0.15, -0.1) is 0 Å². The molecule has 0 amide bonds. The maximum atomic E-state index is 5.82. The number of aryl methyl sites for hydroxylation is 1. The molecular weight excluding hydrogens is 190 g/mol. The second-order valence-electron chi connectivity index (χ2n) is 4.23. The fourth-order valence-electron chi connectivity index (χ4n) is 2.08. The first-order valence-electron chi connectivity index (χ1n) is 5.60. The largest absolute Gasteiger partial charge is 0.376 e. The molecule has 0 bridgehead atoms. The molecule has 0 aliphatic heterocycles. The topological polar surface area (TPSA) is 53.1 Å². The van der Waals surface area contributed by atoms with Crippen LogP contribution in [0.1, 0.15) is 25.1 Å². The summed E-state index contributed by atoms with van der Waals surface area (Å²) in [6.45, 7) is 3.65. The quantitative estimate of drug-likeness (QED) is 0.807. The van der Waals surface area contributed by atoms with Crippen LogP contribution in [0.25, 0.3) is 0 Å². The van der Waals surface area contributed by atoms with Crippen molar-refractivity contribution in [2.24, 2.45) is 5.73 Å². The van der Waals surface area contributed by atoms with Crippen LogP contribution in [0.2, 0.25) is 0 Å². The zero-order chi connectivity index (χ0) is 10.7. The highest BCUT2D eigenvalue weighted by molar-refractivity contribution is 4.88. The van der Waals surface area contributed by atoms with Crippen molar-refractivity contribution in [2.45, 2.75) is 44.9 Å². The summed E-state index contributed by atoms with van der Waals surface area (Å²) in [5.41, 5.74) is 5.82. The average molecular weight is 209 g/mol. The molecule has 1 aliphatic carbocycles. The number of hydrogen-bond acceptors (Lipinski definition) is 3. The molecule has 1 fully saturated rings. The number of rotatable bonds is 4. The summed E-state index contributed by atoms with van der Waals surface area (Å²) in [4.78, 5) is 4.17. The molecule has 1 aromatic heterocycles. The number of aromatic nitrogens is 2. The van der Waals surface area contributed by atoms with Crippen molar-refractivity contribution < 1.29 is 4.74 Å². The lowest BCUT2D eigenvalue weighted by Gasteiger charge is -2.12. The maximum absolute atomic E-state index is 5.82. The Morgan fingerprint density at radius 1 is 1.60 bits per heavy atom. The fourth-order valence-corrected chi connectivity index (χ4v) is 2.08. The van der Waals surface area contributed by atoms with Gasteiger partial charge in [0.1, 0.15) is 5.82 Å². The summed E-state index contributed by atoms with van der Waals surface area (Å²) in [6.07, 6.45) is 7.42. The van der Waals surface area contributed by atoms with E-state index in [2.05, 4.69) is 9.55 Å². The number of nitrogens with zero attached hydrogens (tertiary/aromatic N) is 2. The molecule has 4 nitrogen and oxygen atoms in total. The number of hydrogen-bond donors (Lipinski definition) is 1. The third-order valence-corrected chi connectivity index (χ3v) is 3.03. The molecule has 1 aromatic rings. The molecular formula is C11H19N3O. The van der Waals surface area contributed by atoms with E-state index in [1.165, 1.54) is 0 Å². The zero-order valence-corrected chi connectivity index (χ0v) is 9.22. The normalized spacial score (nSPS) is 26.0. The van der Waals surface area contributed by atoms with Gasteiger partial charge >= 0.3 is 0 Å². The average Bonchev–Trinajstić information content (AvgIpc) is 2.77. The number of nitrogens with two attached hydrogens (primary N) is 1. The standard InChI is InChI=1S/C11H19N3O/c1-9-13-4-5-14(9)6-7-15-11-3-2-10(12)8-11/h4-5,10-11H,2-3,6-8,12H2,1H3. The molecule has 15 heavy (non-hydrogen) atoms. The van der Waals surface area contributed by atoms with Gasteiger partial charge < -0.3 is 15.0 Å². The summed E-state index contributed by atoms with van der Waals surface area (Å²) < 4.78 is 7.88. The van der Waals surface area contributed by atoms with E-state index < -0.39 is 0 Å². The summed E-state index contributed by atoms with van der Waals surface area (Å²) in [5.74, 6) is 1.04. The molecule has 1 aliphatic rings. The number of imidazole rings is 1. The monoisotopic (exact) mass is 209 g/mol. The maximum Gasteiger partial charge on any atom is 0.105 e. The molecule has 2 unspecified atom stereocenters. The van der Waals surface area contributed by atoms with Gasteiger partial charge in [0.15, 0.2) is 0 Å². The predicted molar refractivity (Wildman–Crippen MR) is 58.5 cm³/mol. The molecule has 2 atom stereocenters. The highest BCUT2D eigenvalue weighted by atomic mass is 16.5. The van der Waals surface area contributed by atoms with Crippen molar-refractivity contribution in [3.05, 3.63) is 18.2 Å². The Balaban J connectivity index is 1.69. The molecule has 2 rings (SSSR count). The SMILES string of the molecule is Cc1nccn1CCOC1CCC(N)C1. The predicted octanol–water partition coefficient (Wildman–Crippen LogP) is 1.09. The van der Waals surface area contributed by atoms with Crippen molar-refractivity contribution >= 4 is 0 Å². The van der Waals surface area contributed by atoms with Crippen molar-refractivity contribution in [3.8, 4) is 0 Å². The van der Waals surface area contributed by atoms with Crippen molar-refractivity contribution in [1.29, 1.82) is 0 Å². The van der Waals surface area contributed by atoms with Crippen LogP contribution in [0.15, 0.2) is 12.4 Å².